The zero-order valence-electron chi connectivity index (χ0n) is 11.1. The van der Waals surface area contributed by atoms with Crippen LogP contribution < -0.4 is 4.74 Å². The maximum atomic E-state index is 12.2. The van der Waals surface area contributed by atoms with Crippen molar-refractivity contribution >= 4 is 27.7 Å². The highest BCUT2D eigenvalue weighted by Crippen LogP contribution is 2.18. The number of halogens is 1. The van der Waals surface area contributed by atoms with Crippen molar-refractivity contribution < 1.29 is 17.9 Å². The Morgan fingerprint density at radius 2 is 1.62 bits per heavy atom. The molecule has 0 unspecified atom stereocenters. The van der Waals surface area contributed by atoms with Gasteiger partial charge in [0, 0.05) is 12.1 Å². The Balaban J connectivity index is 2.17. The first-order valence-electron chi connectivity index (χ1n) is 5.92. The van der Waals surface area contributed by atoms with Crippen LogP contribution in [0.1, 0.15) is 0 Å². The highest BCUT2D eigenvalue weighted by Gasteiger charge is 2.26. The molecule has 0 aromatic heterocycles. The lowest BCUT2D eigenvalue weighted by Crippen LogP contribution is -2.35. The standard InChI is InChI=1S/C14H12ClNO4S/c1-16(21(18,19)13-5-3-2-4-6-13)14(17)20-12-9-7-11(15)8-10-12/h2-10H,1H3. The summed E-state index contributed by atoms with van der Waals surface area (Å²) in [5.41, 5.74) is 0. The number of hydrogen-bond acceptors (Lipinski definition) is 4. The van der Waals surface area contributed by atoms with E-state index in [1.807, 2.05) is 0 Å². The van der Waals surface area contributed by atoms with E-state index in [0.717, 1.165) is 7.05 Å². The molecule has 110 valence electrons. The zero-order chi connectivity index (χ0) is 15.5. The van der Waals surface area contributed by atoms with Crippen LogP contribution >= 0.6 is 11.6 Å². The average Bonchev–Trinajstić information content (AvgIpc) is 2.49. The van der Waals surface area contributed by atoms with Crippen molar-refractivity contribution in [1.82, 2.24) is 4.31 Å². The zero-order valence-corrected chi connectivity index (χ0v) is 12.6. The fraction of sp³-hybridized carbons (Fsp3) is 0.0714. The molecule has 0 N–H and O–H groups in total. The first kappa shape index (κ1) is 15.3. The first-order chi connectivity index (χ1) is 9.91. The third-order valence-corrected chi connectivity index (χ3v) is 4.67. The number of carbonyl (C=O) groups excluding carboxylic acids is 1. The van der Waals surface area contributed by atoms with Gasteiger partial charge in [0.05, 0.1) is 4.90 Å². The molecule has 0 saturated carbocycles. The minimum absolute atomic E-state index is 0.0144. The molecule has 0 aliphatic heterocycles. The highest BCUT2D eigenvalue weighted by atomic mass is 35.5. The fourth-order valence-electron chi connectivity index (χ4n) is 1.52. The monoisotopic (exact) mass is 325 g/mol. The summed E-state index contributed by atoms with van der Waals surface area (Å²) in [7, 11) is -2.79. The van der Waals surface area contributed by atoms with Gasteiger partial charge in [0.2, 0.25) is 0 Å². The van der Waals surface area contributed by atoms with Crippen molar-refractivity contribution in [3.05, 3.63) is 59.6 Å². The summed E-state index contributed by atoms with van der Waals surface area (Å²) in [5.74, 6) is 0.208. The van der Waals surface area contributed by atoms with Crippen LogP contribution in [0.2, 0.25) is 5.02 Å². The molecular formula is C14H12ClNO4S. The molecule has 2 aromatic rings. The Bertz CT molecular complexity index is 729. The summed E-state index contributed by atoms with van der Waals surface area (Å²) >= 11 is 5.72. The lowest BCUT2D eigenvalue weighted by Gasteiger charge is -2.17. The van der Waals surface area contributed by atoms with E-state index in [9.17, 15) is 13.2 Å². The van der Waals surface area contributed by atoms with Gasteiger partial charge in [-0.15, -0.1) is 0 Å². The number of rotatable bonds is 3. The molecule has 0 fully saturated rings. The predicted octanol–water partition coefficient (Wildman–Crippen LogP) is 3.16. The number of hydrogen-bond donors (Lipinski definition) is 0. The van der Waals surface area contributed by atoms with E-state index in [2.05, 4.69) is 0 Å². The third-order valence-electron chi connectivity index (χ3n) is 2.68. The molecule has 0 atom stereocenters. The molecule has 0 bridgehead atoms. The van der Waals surface area contributed by atoms with Crippen LogP contribution in [0.25, 0.3) is 0 Å². The van der Waals surface area contributed by atoms with Gasteiger partial charge in [-0.25, -0.2) is 17.5 Å². The van der Waals surface area contributed by atoms with Crippen LogP contribution in [0.5, 0.6) is 5.75 Å². The van der Waals surface area contributed by atoms with Crippen molar-refractivity contribution in [2.24, 2.45) is 0 Å². The van der Waals surface area contributed by atoms with Crippen LogP contribution in [0.15, 0.2) is 59.5 Å². The molecule has 2 rings (SSSR count). The molecule has 0 aliphatic carbocycles. The van der Waals surface area contributed by atoms with Gasteiger partial charge in [-0.3, -0.25) is 0 Å². The quantitative estimate of drug-likeness (QED) is 0.869. The van der Waals surface area contributed by atoms with Gasteiger partial charge in [-0.05, 0) is 36.4 Å². The maximum Gasteiger partial charge on any atom is 0.429 e. The molecule has 0 radical (unpaired) electrons. The van der Waals surface area contributed by atoms with Gasteiger partial charge in [-0.2, -0.15) is 0 Å². The number of nitrogens with zero attached hydrogens (tertiary/aromatic N) is 1. The second-order valence-corrected chi connectivity index (χ2v) is 6.51. The van der Waals surface area contributed by atoms with E-state index >= 15 is 0 Å². The number of sulfonamides is 1. The first-order valence-corrected chi connectivity index (χ1v) is 7.74. The van der Waals surface area contributed by atoms with E-state index in [1.165, 1.54) is 36.4 Å². The SMILES string of the molecule is CN(C(=O)Oc1ccc(Cl)cc1)S(=O)(=O)c1ccccc1. The van der Waals surface area contributed by atoms with E-state index in [4.69, 9.17) is 16.3 Å². The summed E-state index contributed by atoms with van der Waals surface area (Å²) in [6, 6.07) is 13.7. The van der Waals surface area contributed by atoms with Crippen LogP contribution in [-0.2, 0) is 10.0 Å². The van der Waals surface area contributed by atoms with Gasteiger partial charge in [0.15, 0.2) is 0 Å². The smallest absolute Gasteiger partial charge is 0.409 e. The summed E-state index contributed by atoms with van der Waals surface area (Å²) in [5, 5.41) is 0.486. The normalized spacial score (nSPS) is 11.0. The lowest BCUT2D eigenvalue weighted by molar-refractivity contribution is 0.184. The number of ether oxygens (including phenoxy) is 1. The van der Waals surface area contributed by atoms with E-state index in [-0.39, 0.29) is 10.6 Å². The second-order valence-electron chi connectivity index (χ2n) is 4.11. The van der Waals surface area contributed by atoms with Gasteiger partial charge in [0.25, 0.3) is 10.0 Å². The molecule has 2 aromatic carbocycles. The second kappa shape index (κ2) is 6.15. The molecule has 0 saturated heterocycles. The third kappa shape index (κ3) is 3.53. The van der Waals surface area contributed by atoms with Crippen molar-refractivity contribution in [2.45, 2.75) is 4.90 Å². The van der Waals surface area contributed by atoms with Gasteiger partial charge >= 0.3 is 6.09 Å². The van der Waals surface area contributed by atoms with Crippen LogP contribution in [0, 0.1) is 0 Å². The summed E-state index contributed by atoms with van der Waals surface area (Å²) < 4.78 is 30.0. The Morgan fingerprint density at radius 1 is 1.05 bits per heavy atom. The molecule has 0 spiro atoms. The van der Waals surface area contributed by atoms with E-state index in [1.54, 1.807) is 18.2 Å². The molecule has 0 aliphatic rings. The van der Waals surface area contributed by atoms with Crippen LogP contribution in [0.3, 0.4) is 0 Å². The lowest BCUT2D eigenvalue weighted by atomic mass is 10.3. The Kier molecular flexibility index (Phi) is 4.50. The summed E-state index contributed by atoms with van der Waals surface area (Å²) in [6.45, 7) is 0. The number of benzene rings is 2. The van der Waals surface area contributed by atoms with Crippen LogP contribution in [0.4, 0.5) is 4.79 Å². The van der Waals surface area contributed by atoms with E-state index in [0.29, 0.717) is 9.33 Å². The molecule has 21 heavy (non-hydrogen) atoms. The Hall–Kier alpha value is -2.05. The Morgan fingerprint density at radius 3 is 2.19 bits per heavy atom. The molecule has 1 amide bonds. The summed E-state index contributed by atoms with van der Waals surface area (Å²) in [4.78, 5) is 11.9. The minimum Gasteiger partial charge on any atom is -0.409 e. The number of carbonyl (C=O) groups is 1. The molecule has 7 heteroatoms. The minimum atomic E-state index is -3.93. The van der Waals surface area contributed by atoms with Gasteiger partial charge in [0.1, 0.15) is 5.75 Å². The largest absolute Gasteiger partial charge is 0.429 e. The van der Waals surface area contributed by atoms with Crippen molar-refractivity contribution in [3.63, 3.8) is 0 Å². The van der Waals surface area contributed by atoms with Gasteiger partial charge in [-0.1, -0.05) is 29.8 Å². The number of amides is 1. The molecular weight excluding hydrogens is 314 g/mol. The van der Waals surface area contributed by atoms with Crippen LogP contribution in [-0.4, -0.2) is 25.9 Å². The molecule has 5 nitrogen and oxygen atoms in total. The van der Waals surface area contributed by atoms with E-state index < -0.39 is 16.1 Å². The Labute approximate surface area is 127 Å². The predicted molar refractivity (Wildman–Crippen MR) is 78.9 cm³/mol. The molecule has 0 heterocycles. The van der Waals surface area contributed by atoms with Crippen molar-refractivity contribution in [3.8, 4) is 5.75 Å². The highest BCUT2D eigenvalue weighted by molar-refractivity contribution is 7.89. The van der Waals surface area contributed by atoms with Crippen molar-refractivity contribution in [1.29, 1.82) is 0 Å². The van der Waals surface area contributed by atoms with Crippen molar-refractivity contribution in [2.75, 3.05) is 7.05 Å². The maximum absolute atomic E-state index is 12.2. The topological polar surface area (TPSA) is 63.7 Å². The fourth-order valence-corrected chi connectivity index (χ4v) is 2.69. The average molecular weight is 326 g/mol. The summed E-state index contributed by atoms with van der Waals surface area (Å²) in [6.07, 6.45) is -0.999. The van der Waals surface area contributed by atoms with Gasteiger partial charge < -0.3 is 4.74 Å².